The van der Waals surface area contributed by atoms with Gasteiger partial charge in [0.15, 0.2) is 0 Å². The zero-order valence-corrected chi connectivity index (χ0v) is 8.90. The molecule has 12 heavy (non-hydrogen) atoms. The standard InChI is InChI=1S/C10H21NO/c1-6-8(7-2)9(12)11-10(3,4)5/h8H,6-7H2,1-5H3,(H,11,12). The molecular weight excluding hydrogens is 150 g/mol. The zero-order valence-electron chi connectivity index (χ0n) is 8.90. The van der Waals surface area contributed by atoms with Crippen molar-refractivity contribution in [3.05, 3.63) is 0 Å². The van der Waals surface area contributed by atoms with E-state index in [-0.39, 0.29) is 17.4 Å². The maximum atomic E-state index is 11.5. The first-order valence-corrected chi connectivity index (χ1v) is 4.72. The fourth-order valence-corrected chi connectivity index (χ4v) is 1.13. The van der Waals surface area contributed by atoms with Crippen LogP contribution in [0.4, 0.5) is 0 Å². The Hall–Kier alpha value is -0.530. The summed E-state index contributed by atoms with van der Waals surface area (Å²) in [4.78, 5) is 11.5. The van der Waals surface area contributed by atoms with Crippen LogP contribution in [-0.4, -0.2) is 11.4 Å². The molecule has 72 valence electrons. The SMILES string of the molecule is CCC(CC)C(=O)NC(C)(C)C. The molecule has 0 fully saturated rings. The van der Waals surface area contributed by atoms with Gasteiger partial charge in [-0.05, 0) is 33.6 Å². The Morgan fingerprint density at radius 3 is 1.92 bits per heavy atom. The Kier molecular flexibility index (Phi) is 4.29. The molecule has 0 spiro atoms. The van der Waals surface area contributed by atoms with Gasteiger partial charge in [-0.25, -0.2) is 0 Å². The molecule has 0 aromatic rings. The van der Waals surface area contributed by atoms with E-state index in [4.69, 9.17) is 0 Å². The van der Waals surface area contributed by atoms with Crippen molar-refractivity contribution in [2.24, 2.45) is 5.92 Å². The first-order chi connectivity index (χ1) is 5.40. The Bertz CT molecular complexity index is 142. The molecule has 0 bridgehead atoms. The van der Waals surface area contributed by atoms with Gasteiger partial charge < -0.3 is 5.32 Å². The van der Waals surface area contributed by atoms with Crippen LogP contribution in [0.5, 0.6) is 0 Å². The second-order valence-electron chi connectivity index (χ2n) is 4.25. The average molecular weight is 171 g/mol. The number of carbonyl (C=O) groups is 1. The Morgan fingerprint density at radius 1 is 1.25 bits per heavy atom. The van der Waals surface area contributed by atoms with Gasteiger partial charge in [0.1, 0.15) is 0 Å². The summed E-state index contributed by atoms with van der Waals surface area (Å²) in [6.45, 7) is 10.1. The lowest BCUT2D eigenvalue weighted by molar-refractivity contribution is -0.126. The maximum absolute atomic E-state index is 11.5. The molecule has 0 aromatic heterocycles. The molecule has 0 aliphatic heterocycles. The van der Waals surface area contributed by atoms with E-state index in [0.29, 0.717) is 0 Å². The third kappa shape index (κ3) is 4.37. The average Bonchev–Trinajstić information content (AvgIpc) is 1.85. The predicted molar refractivity (Wildman–Crippen MR) is 52.0 cm³/mol. The van der Waals surface area contributed by atoms with Gasteiger partial charge in [0.25, 0.3) is 0 Å². The number of nitrogens with one attached hydrogen (secondary N) is 1. The van der Waals surface area contributed by atoms with Gasteiger partial charge in [-0.2, -0.15) is 0 Å². The molecule has 0 aliphatic carbocycles. The smallest absolute Gasteiger partial charge is 0.223 e. The van der Waals surface area contributed by atoms with Crippen molar-refractivity contribution >= 4 is 5.91 Å². The van der Waals surface area contributed by atoms with Crippen molar-refractivity contribution in [1.82, 2.24) is 5.32 Å². The topological polar surface area (TPSA) is 29.1 Å². The highest BCUT2D eigenvalue weighted by Crippen LogP contribution is 2.09. The highest BCUT2D eigenvalue weighted by molar-refractivity contribution is 5.79. The number of amides is 1. The molecular formula is C10H21NO. The highest BCUT2D eigenvalue weighted by atomic mass is 16.2. The molecule has 1 amide bonds. The monoisotopic (exact) mass is 171 g/mol. The summed E-state index contributed by atoms with van der Waals surface area (Å²) in [5.41, 5.74) is -0.0975. The zero-order chi connectivity index (χ0) is 9.78. The van der Waals surface area contributed by atoms with Gasteiger partial charge in [-0.1, -0.05) is 13.8 Å². The minimum Gasteiger partial charge on any atom is -0.351 e. The fraction of sp³-hybridized carbons (Fsp3) is 0.900. The molecule has 0 aromatic carbocycles. The van der Waals surface area contributed by atoms with Crippen LogP contribution in [0, 0.1) is 5.92 Å². The van der Waals surface area contributed by atoms with Crippen LogP contribution in [0.25, 0.3) is 0 Å². The van der Waals surface area contributed by atoms with Crippen molar-refractivity contribution in [3.63, 3.8) is 0 Å². The van der Waals surface area contributed by atoms with E-state index in [1.807, 2.05) is 20.8 Å². The first kappa shape index (κ1) is 11.5. The Morgan fingerprint density at radius 2 is 1.67 bits per heavy atom. The lowest BCUT2D eigenvalue weighted by Crippen LogP contribution is -2.43. The Labute approximate surface area is 75.7 Å². The van der Waals surface area contributed by atoms with Gasteiger partial charge in [0.05, 0.1) is 0 Å². The van der Waals surface area contributed by atoms with Crippen molar-refractivity contribution in [3.8, 4) is 0 Å². The third-order valence-electron chi connectivity index (χ3n) is 1.85. The number of carbonyl (C=O) groups excluding carboxylic acids is 1. The van der Waals surface area contributed by atoms with Crippen molar-refractivity contribution in [2.45, 2.75) is 53.0 Å². The van der Waals surface area contributed by atoms with Gasteiger partial charge >= 0.3 is 0 Å². The molecule has 2 heteroatoms. The molecule has 0 aliphatic rings. The summed E-state index contributed by atoms with van der Waals surface area (Å²) in [5.74, 6) is 0.372. The summed E-state index contributed by atoms with van der Waals surface area (Å²) in [7, 11) is 0. The Balaban J connectivity index is 4.02. The summed E-state index contributed by atoms with van der Waals surface area (Å²) < 4.78 is 0. The molecule has 0 unspecified atom stereocenters. The maximum Gasteiger partial charge on any atom is 0.223 e. The van der Waals surface area contributed by atoms with Gasteiger partial charge in [0, 0.05) is 11.5 Å². The van der Waals surface area contributed by atoms with E-state index in [2.05, 4.69) is 19.2 Å². The van der Waals surface area contributed by atoms with Gasteiger partial charge in [-0.3, -0.25) is 4.79 Å². The van der Waals surface area contributed by atoms with E-state index >= 15 is 0 Å². The fourth-order valence-electron chi connectivity index (χ4n) is 1.13. The van der Waals surface area contributed by atoms with E-state index < -0.39 is 0 Å². The van der Waals surface area contributed by atoms with Crippen LogP contribution in [-0.2, 0) is 4.79 Å². The molecule has 0 saturated heterocycles. The van der Waals surface area contributed by atoms with E-state index in [1.54, 1.807) is 0 Å². The van der Waals surface area contributed by atoms with Crippen LogP contribution in [0.2, 0.25) is 0 Å². The van der Waals surface area contributed by atoms with E-state index in [9.17, 15) is 4.79 Å². The predicted octanol–water partition coefficient (Wildman–Crippen LogP) is 2.34. The molecule has 1 N–H and O–H groups in total. The van der Waals surface area contributed by atoms with Crippen molar-refractivity contribution in [1.29, 1.82) is 0 Å². The summed E-state index contributed by atoms with van der Waals surface area (Å²) in [6, 6.07) is 0. The van der Waals surface area contributed by atoms with Gasteiger partial charge in [-0.15, -0.1) is 0 Å². The molecule has 0 radical (unpaired) electrons. The van der Waals surface area contributed by atoms with Crippen LogP contribution in [0.3, 0.4) is 0 Å². The lowest BCUT2D eigenvalue weighted by atomic mass is 10.0. The molecule has 0 saturated carbocycles. The third-order valence-corrected chi connectivity index (χ3v) is 1.85. The van der Waals surface area contributed by atoms with Crippen molar-refractivity contribution < 1.29 is 4.79 Å². The number of hydrogen-bond acceptors (Lipinski definition) is 1. The van der Waals surface area contributed by atoms with E-state index in [1.165, 1.54) is 0 Å². The normalized spacial score (nSPS) is 11.8. The summed E-state index contributed by atoms with van der Waals surface area (Å²) in [6.07, 6.45) is 1.86. The molecule has 0 atom stereocenters. The van der Waals surface area contributed by atoms with Gasteiger partial charge in [0.2, 0.25) is 5.91 Å². The molecule has 2 nitrogen and oxygen atoms in total. The molecule has 0 rings (SSSR count). The minimum atomic E-state index is -0.0975. The highest BCUT2D eigenvalue weighted by Gasteiger charge is 2.19. The lowest BCUT2D eigenvalue weighted by Gasteiger charge is -2.23. The van der Waals surface area contributed by atoms with Crippen LogP contribution in [0.1, 0.15) is 47.5 Å². The van der Waals surface area contributed by atoms with Crippen molar-refractivity contribution in [2.75, 3.05) is 0 Å². The van der Waals surface area contributed by atoms with Crippen LogP contribution < -0.4 is 5.32 Å². The van der Waals surface area contributed by atoms with E-state index in [0.717, 1.165) is 12.8 Å². The molecule has 0 heterocycles. The van der Waals surface area contributed by atoms with Crippen LogP contribution in [0.15, 0.2) is 0 Å². The minimum absolute atomic E-state index is 0.0975. The quantitative estimate of drug-likeness (QED) is 0.693. The summed E-state index contributed by atoms with van der Waals surface area (Å²) in [5, 5.41) is 2.98. The largest absolute Gasteiger partial charge is 0.351 e. The second kappa shape index (κ2) is 4.48. The second-order valence-corrected chi connectivity index (χ2v) is 4.25. The van der Waals surface area contributed by atoms with Crippen LogP contribution >= 0.6 is 0 Å². The number of hydrogen-bond donors (Lipinski definition) is 1. The summed E-state index contributed by atoms with van der Waals surface area (Å²) >= 11 is 0. The number of rotatable bonds is 3. The first-order valence-electron chi connectivity index (χ1n) is 4.72.